The number of unbranched alkanes of at least 4 members (excludes halogenated alkanes) is 4. The molecule has 0 bridgehead atoms. The van der Waals surface area contributed by atoms with Crippen LogP contribution in [0.25, 0.3) is 11.0 Å². The van der Waals surface area contributed by atoms with E-state index in [2.05, 4.69) is 9.79 Å². The van der Waals surface area contributed by atoms with Crippen molar-refractivity contribution in [3.8, 4) is 0 Å². The molecule has 7 nitrogen and oxygen atoms in total. The molecule has 0 radical (unpaired) electrons. The summed E-state index contributed by atoms with van der Waals surface area (Å²) in [5.41, 5.74) is 0.940. The van der Waals surface area contributed by atoms with Crippen LogP contribution in [0.15, 0.2) is 22.8 Å². The van der Waals surface area contributed by atoms with Crippen molar-refractivity contribution in [1.82, 2.24) is 5.16 Å². The summed E-state index contributed by atoms with van der Waals surface area (Å²) in [7, 11) is 0. The highest BCUT2D eigenvalue weighted by atomic mass is 16.8. The molecule has 1 aromatic carbocycles. The van der Waals surface area contributed by atoms with Crippen LogP contribution in [0.5, 0.6) is 0 Å². The zero-order valence-electron chi connectivity index (χ0n) is 11.7. The molecule has 0 atom stereocenters. The fraction of sp³-hybridized carbons (Fsp3) is 0.500. The molecule has 2 rings (SSSR count). The van der Waals surface area contributed by atoms with Crippen LogP contribution in [0.4, 0.5) is 0 Å². The number of nitrogens with zero attached hydrogens (tertiary/aromatic N) is 2. The normalized spacial score (nSPS) is 10.9. The Kier molecular flexibility index (Phi) is 5.51. The van der Waals surface area contributed by atoms with Gasteiger partial charge < -0.3 is 15.1 Å². The summed E-state index contributed by atoms with van der Waals surface area (Å²) < 4.78 is 9.59. The first-order valence-corrected chi connectivity index (χ1v) is 7.00. The first-order chi connectivity index (χ1) is 10.2. The van der Waals surface area contributed by atoms with E-state index >= 15 is 0 Å². The highest BCUT2D eigenvalue weighted by Gasteiger charge is 2.14. The third kappa shape index (κ3) is 4.16. The molecule has 0 spiro atoms. The number of carbonyl (C=O) groups is 1. The van der Waals surface area contributed by atoms with Gasteiger partial charge in [0, 0.05) is 17.8 Å². The lowest BCUT2D eigenvalue weighted by Crippen LogP contribution is -2.22. The van der Waals surface area contributed by atoms with Crippen LogP contribution in [0.2, 0.25) is 0 Å². The van der Waals surface area contributed by atoms with Crippen molar-refractivity contribution in [1.29, 1.82) is 0 Å². The van der Waals surface area contributed by atoms with Crippen LogP contribution in [0.3, 0.4) is 0 Å². The Hall–Kier alpha value is -2.15. The number of esters is 1. The summed E-state index contributed by atoms with van der Waals surface area (Å²) in [6.07, 6.45) is 4.59. The Morgan fingerprint density at radius 3 is 2.86 bits per heavy atom. The number of aromatic nitrogens is 2. The minimum absolute atomic E-state index is 0.225. The van der Waals surface area contributed by atoms with E-state index in [4.69, 9.17) is 9.84 Å². The van der Waals surface area contributed by atoms with Gasteiger partial charge in [-0.05, 0) is 29.9 Å². The van der Waals surface area contributed by atoms with Crippen molar-refractivity contribution in [2.24, 2.45) is 0 Å². The lowest BCUT2D eigenvalue weighted by Gasteiger charge is -2.04. The number of rotatable bonds is 8. The van der Waals surface area contributed by atoms with E-state index < -0.39 is 5.97 Å². The minimum Gasteiger partial charge on any atom is -0.462 e. The Labute approximate surface area is 121 Å². The van der Waals surface area contributed by atoms with Crippen LogP contribution < -0.4 is 4.90 Å². The Morgan fingerprint density at radius 1 is 1.29 bits per heavy atom. The topological polar surface area (TPSA) is 99.5 Å². The van der Waals surface area contributed by atoms with Gasteiger partial charge in [0.1, 0.15) is 0 Å². The number of aliphatic hydroxyl groups excluding tert-OH is 1. The Balaban J connectivity index is 1.77. The van der Waals surface area contributed by atoms with Gasteiger partial charge in [0.15, 0.2) is 0 Å². The third-order valence-electron chi connectivity index (χ3n) is 3.16. The molecule has 114 valence electrons. The molecular weight excluding hydrogens is 276 g/mol. The largest absolute Gasteiger partial charge is 0.462 e. The summed E-state index contributed by atoms with van der Waals surface area (Å²) in [5.74, 6) is -0.437. The molecule has 0 saturated carbocycles. The molecule has 0 aliphatic rings. The zero-order chi connectivity index (χ0) is 15.1. The average molecular weight is 294 g/mol. The van der Waals surface area contributed by atoms with E-state index in [0.29, 0.717) is 17.7 Å². The van der Waals surface area contributed by atoms with Gasteiger partial charge in [-0.2, -0.15) is 0 Å². The summed E-state index contributed by atoms with van der Waals surface area (Å²) in [4.78, 5) is 12.1. The van der Waals surface area contributed by atoms with Gasteiger partial charge in [-0.25, -0.2) is 4.79 Å². The Morgan fingerprint density at radius 2 is 2.05 bits per heavy atom. The van der Waals surface area contributed by atoms with E-state index in [1.54, 1.807) is 0 Å². The molecule has 0 saturated heterocycles. The molecule has 1 heterocycles. The quantitative estimate of drug-likeness (QED) is 0.450. The fourth-order valence-electron chi connectivity index (χ4n) is 2.00. The van der Waals surface area contributed by atoms with Gasteiger partial charge in [0.2, 0.25) is 11.0 Å². The lowest BCUT2D eigenvalue weighted by atomic mass is 10.1. The lowest BCUT2D eigenvalue weighted by molar-refractivity contribution is -0.782. The number of carbonyl (C=O) groups excluding carboxylic acids is 1. The van der Waals surface area contributed by atoms with E-state index in [1.807, 2.05) is 0 Å². The molecule has 1 aromatic heterocycles. The Bertz CT molecular complexity index is 596. The van der Waals surface area contributed by atoms with Crippen molar-refractivity contribution in [2.75, 3.05) is 13.2 Å². The predicted octanol–water partition coefficient (Wildman–Crippen LogP) is 1.56. The van der Waals surface area contributed by atoms with Gasteiger partial charge >= 0.3 is 5.97 Å². The van der Waals surface area contributed by atoms with Crippen molar-refractivity contribution < 1.29 is 24.2 Å². The van der Waals surface area contributed by atoms with Gasteiger partial charge in [0.05, 0.1) is 12.2 Å². The molecule has 0 fully saturated rings. The van der Waals surface area contributed by atoms with Crippen LogP contribution in [-0.2, 0) is 4.74 Å². The molecule has 0 amide bonds. The molecule has 21 heavy (non-hydrogen) atoms. The number of aliphatic hydroxyl groups is 1. The monoisotopic (exact) mass is 294 g/mol. The summed E-state index contributed by atoms with van der Waals surface area (Å²) in [6.45, 7) is 0.583. The van der Waals surface area contributed by atoms with Gasteiger partial charge in [-0.1, -0.05) is 19.3 Å². The second kappa shape index (κ2) is 7.58. The number of fused-ring (bicyclic) bond motifs is 1. The number of ether oxygens (including phenoxy) is 1. The maximum atomic E-state index is 11.8. The highest BCUT2D eigenvalue weighted by Crippen LogP contribution is 2.12. The maximum Gasteiger partial charge on any atom is 0.338 e. The van der Waals surface area contributed by atoms with Crippen LogP contribution >= 0.6 is 0 Å². The molecular formula is C14H18N2O5. The molecule has 7 heteroatoms. The van der Waals surface area contributed by atoms with Crippen molar-refractivity contribution >= 4 is 17.0 Å². The standard InChI is InChI=1S/C14H18N2O5/c17-8-4-2-1-3-5-9-20-14(18)11-6-7-13-12(10-11)15-21-16(13)19/h6-7,10,17H,1-5,8-9H2. The second-order valence-electron chi connectivity index (χ2n) is 4.76. The highest BCUT2D eigenvalue weighted by molar-refractivity contribution is 5.92. The summed E-state index contributed by atoms with van der Waals surface area (Å²) in [5, 5.41) is 23.3. The molecule has 0 unspecified atom stereocenters. The van der Waals surface area contributed by atoms with Crippen LogP contribution in [0, 0.1) is 5.21 Å². The number of hydrogen-bond donors (Lipinski definition) is 1. The van der Waals surface area contributed by atoms with E-state index in [9.17, 15) is 10.0 Å². The van der Waals surface area contributed by atoms with Crippen molar-refractivity contribution in [3.63, 3.8) is 0 Å². The van der Waals surface area contributed by atoms with E-state index in [-0.39, 0.29) is 17.0 Å². The second-order valence-corrected chi connectivity index (χ2v) is 4.76. The fourth-order valence-corrected chi connectivity index (χ4v) is 2.00. The SMILES string of the molecule is O=C(OCCCCCCCO)c1ccc2c(c1)no[n+]2[O-]. The number of benzene rings is 1. The van der Waals surface area contributed by atoms with Gasteiger partial charge in [-0.15, -0.1) is 0 Å². The number of hydrogen-bond acceptors (Lipinski definition) is 6. The van der Waals surface area contributed by atoms with Gasteiger partial charge in [0.25, 0.3) is 0 Å². The predicted molar refractivity (Wildman–Crippen MR) is 73.4 cm³/mol. The van der Waals surface area contributed by atoms with Crippen LogP contribution in [-0.4, -0.2) is 29.4 Å². The van der Waals surface area contributed by atoms with Crippen LogP contribution in [0.1, 0.15) is 42.5 Å². The van der Waals surface area contributed by atoms with E-state index in [1.165, 1.54) is 18.2 Å². The third-order valence-corrected chi connectivity index (χ3v) is 3.16. The summed E-state index contributed by atoms with van der Waals surface area (Å²) >= 11 is 0. The average Bonchev–Trinajstić information content (AvgIpc) is 2.87. The van der Waals surface area contributed by atoms with E-state index in [0.717, 1.165) is 32.1 Å². The zero-order valence-corrected chi connectivity index (χ0v) is 11.7. The molecule has 0 aliphatic heterocycles. The molecule has 2 aromatic rings. The first kappa shape index (κ1) is 15.2. The molecule has 1 N–H and O–H groups in total. The first-order valence-electron chi connectivity index (χ1n) is 7.00. The smallest absolute Gasteiger partial charge is 0.338 e. The summed E-state index contributed by atoms with van der Waals surface area (Å²) in [6, 6.07) is 4.46. The van der Waals surface area contributed by atoms with Gasteiger partial charge in [-0.3, -0.25) is 4.63 Å². The minimum atomic E-state index is -0.437. The maximum absolute atomic E-state index is 11.8. The van der Waals surface area contributed by atoms with Crippen molar-refractivity contribution in [2.45, 2.75) is 32.1 Å². The van der Waals surface area contributed by atoms with Crippen molar-refractivity contribution in [3.05, 3.63) is 29.0 Å². The molecule has 0 aliphatic carbocycles.